The highest BCUT2D eigenvalue weighted by Crippen LogP contribution is 2.46. The lowest BCUT2D eigenvalue weighted by Crippen LogP contribution is -2.42. The molecule has 2 nitrogen and oxygen atoms in total. The van der Waals surface area contributed by atoms with Gasteiger partial charge in [0.1, 0.15) is 0 Å². The van der Waals surface area contributed by atoms with E-state index in [9.17, 15) is 0 Å². The molecule has 1 aromatic carbocycles. The third-order valence-corrected chi connectivity index (χ3v) is 4.94. The predicted octanol–water partition coefficient (Wildman–Crippen LogP) is 2.27. The Kier molecular flexibility index (Phi) is 3.16. The van der Waals surface area contributed by atoms with Crippen LogP contribution in [0.4, 0.5) is 0 Å². The number of aliphatic hydroxyl groups is 1. The van der Waals surface area contributed by atoms with Gasteiger partial charge in [-0.2, -0.15) is 0 Å². The minimum absolute atomic E-state index is 0.294. The molecule has 3 rings (SSSR count). The summed E-state index contributed by atoms with van der Waals surface area (Å²) < 4.78 is 0. The van der Waals surface area contributed by atoms with E-state index in [4.69, 9.17) is 5.11 Å². The fraction of sp³-hybridized carbons (Fsp3) is 0.625. The average Bonchev–Trinajstić information content (AvgIpc) is 2.72. The molecule has 1 saturated heterocycles. The lowest BCUT2D eigenvalue weighted by molar-refractivity contribution is 0.131. The van der Waals surface area contributed by atoms with Gasteiger partial charge in [0, 0.05) is 6.54 Å². The number of piperidine rings is 1. The first-order chi connectivity index (χ1) is 8.73. The molecule has 0 amide bonds. The van der Waals surface area contributed by atoms with Crippen molar-refractivity contribution in [2.45, 2.75) is 38.0 Å². The van der Waals surface area contributed by atoms with E-state index in [-0.39, 0.29) is 0 Å². The van der Waals surface area contributed by atoms with Gasteiger partial charge < -0.3 is 10.0 Å². The van der Waals surface area contributed by atoms with Crippen molar-refractivity contribution in [1.29, 1.82) is 0 Å². The average molecular weight is 245 g/mol. The largest absolute Gasteiger partial charge is 0.395 e. The number of β-amino-alcohol motifs (C(OH)–C–C–N with tert-alkyl or cyclic N) is 1. The van der Waals surface area contributed by atoms with Crippen molar-refractivity contribution >= 4 is 0 Å². The van der Waals surface area contributed by atoms with E-state index in [1.807, 2.05) is 0 Å². The molecule has 0 atom stereocenters. The first-order valence-corrected chi connectivity index (χ1v) is 7.17. The van der Waals surface area contributed by atoms with Gasteiger partial charge in [0.25, 0.3) is 0 Å². The minimum atomic E-state index is 0.294. The topological polar surface area (TPSA) is 23.5 Å². The first kappa shape index (κ1) is 12.2. The summed E-state index contributed by atoms with van der Waals surface area (Å²) in [6, 6.07) is 7.00. The van der Waals surface area contributed by atoms with E-state index >= 15 is 0 Å². The maximum absolute atomic E-state index is 9.03. The summed E-state index contributed by atoms with van der Waals surface area (Å²) in [4.78, 5) is 2.40. The molecule has 18 heavy (non-hydrogen) atoms. The number of hydrogen-bond acceptors (Lipinski definition) is 2. The Bertz CT molecular complexity index is 433. The number of aliphatic hydroxyl groups excluding tert-OH is 1. The molecule has 1 N–H and O–H groups in total. The van der Waals surface area contributed by atoms with Crippen molar-refractivity contribution < 1.29 is 5.11 Å². The fourth-order valence-electron chi connectivity index (χ4n) is 3.78. The van der Waals surface area contributed by atoms with Crippen molar-refractivity contribution in [3.63, 3.8) is 0 Å². The number of nitrogens with zero attached hydrogens (tertiary/aromatic N) is 1. The van der Waals surface area contributed by atoms with Crippen LogP contribution in [0.3, 0.4) is 0 Å². The van der Waals surface area contributed by atoms with Gasteiger partial charge in [-0.25, -0.2) is 0 Å². The zero-order valence-corrected chi connectivity index (χ0v) is 11.3. The van der Waals surface area contributed by atoms with E-state index in [1.165, 1.54) is 31.2 Å². The van der Waals surface area contributed by atoms with Gasteiger partial charge in [0.2, 0.25) is 0 Å². The molecule has 1 aliphatic heterocycles. The highest BCUT2D eigenvalue weighted by atomic mass is 16.3. The summed E-state index contributed by atoms with van der Waals surface area (Å²) in [6.07, 6.45) is 5.13. The number of rotatable bonds is 2. The molecule has 2 heteroatoms. The molecule has 98 valence electrons. The molecule has 1 fully saturated rings. The Balaban J connectivity index is 1.81. The number of benzene rings is 1. The molecular formula is C16H23NO. The van der Waals surface area contributed by atoms with Gasteiger partial charge in [-0.15, -0.1) is 0 Å². The van der Waals surface area contributed by atoms with Crippen LogP contribution < -0.4 is 0 Å². The van der Waals surface area contributed by atoms with Crippen LogP contribution in [0, 0.1) is 6.92 Å². The molecule has 1 aromatic rings. The van der Waals surface area contributed by atoms with Gasteiger partial charge in [0.05, 0.1) is 6.61 Å². The first-order valence-electron chi connectivity index (χ1n) is 7.17. The van der Waals surface area contributed by atoms with Crippen LogP contribution >= 0.6 is 0 Å². The second-order valence-electron chi connectivity index (χ2n) is 6.01. The Labute approximate surface area is 110 Å². The zero-order chi connectivity index (χ0) is 12.6. The Hall–Kier alpha value is -0.860. The smallest absolute Gasteiger partial charge is 0.0558 e. The highest BCUT2D eigenvalue weighted by molar-refractivity contribution is 5.42. The van der Waals surface area contributed by atoms with Crippen LogP contribution in [0.15, 0.2) is 18.2 Å². The molecule has 0 radical (unpaired) electrons. The van der Waals surface area contributed by atoms with Crippen LogP contribution in [0.1, 0.15) is 36.0 Å². The maximum Gasteiger partial charge on any atom is 0.0558 e. The van der Waals surface area contributed by atoms with Crippen LogP contribution in [0.5, 0.6) is 0 Å². The fourth-order valence-corrected chi connectivity index (χ4v) is 3.78. The van der Waals surface area contributed by atoms with Crippen LogP contribution in [0.25, 0.3) is 0 Å². The van der Waals surface area contributed by atoms with Crippen molar-refractivity contribution in [1.82, 2.24) is 4.90 Å². The second kappa shape index (κ2) is 4.67. The highest BCUT2D eigenvalue weighted by Gasteiger charge is 2.40. The molecule has 1 aliphatic carbocycles. The third kappa shape index (κ3) is 1.98. The van der Waals surface area contributed by atoms with E-state index in [0.717, 1.165) is 19.6 Å². The quantitative estimate of drug-likeness (QED) is 0.864. The second-order valence-corrected chi connectivity index (χ2v) is 6.01. The molecule has 0 unspecified atom stereocenters. The summed E-state index contributed by atoms with van der Waals surface area (Å²) in [5.41, 5.74) is 5.06. The molecule has 0 saturated carbocycles. The summed E-state index contributed by atoms with van der Waals surface area (Å²) in [7, 11) is 0. The van der Waals surface area contributed by atoms with Gasteiger partial charge in [-0.05, 0) is 62.2 Å². The van der Waals surface area contributed by atoms with Crippen molar-refractivity contribution in [2.24, 2.45) is 0 Å². The van der Waals surface area contributed by atoms with Crippen molar-refractivity contribution in [3.8, 4) is 0 Å². The van der Waals surface area contributed by atoms with Crippen LogP contribution in [-0.4, -0.2) is 36.2 Å². The van der Waals surface area contributed by atoms with E-state index in [1.54, 1.807) is 11.1 Å². The lowest BCUT2D eigenvalue weighted by Gasteiger charge is -2.40. The molecule has 2 aliphatic rings. The van der Waals surface area contributed by atoms with Gasteiger partial charge in [-0.1, -0.05) is 23.8 Å². The van der Waals surface area contributed by atoms with E-state index in [2.05, 4.69) is 30.0 Å². The lowest BCUT2D eigenvalue weighted by atomic mass is 9.73. The minimum Gasteiger partial charge on any atom is -0.395 e. The maximum atomic E-state index is 9.03. The monoisotopic (exact) mass is 245 g/mol. The number of likely N-dealkylation sites (tertiary alicyclic amines) is 1. The number of hydrogen-bond donors (Lipinski definition) is 1. The molecular weight excluding hydrogens is 222 g/mol. The SMILES string of the molecule is Cc1ccc2c(c1)C1(CC2)CCN(CCO)CC1. The standard InChI is InChI=1S/C16H23NO/c1-13-2-3-14-4-5-16(15(14)12-13)6-8-17(9-7-16)10-11-18/h2-3,12,18H,4-11H2,1H3. The molecule has 1 heterocycles. The van der Waals surface area contributed by atoms with Crippen molar-refractivity contribution in [2.75, 3.05) is 26.2 Å². The van der Waals surface area contributed by atoms with Gasteiger partial charge in [0.15, 0.2) is 0 Å². The molecule has 0 aromatic heterocycles. The molecule has 0 bridgehead atoms. The van der Waals surface area contributed by atoms with Crippen molar-refractivity contribution in [3.05, 3.63) is 34.9 Å². The van der Waals surface area contributed by atoms with Crippen LogP contribution in [-0.2, 0) is 11.8 Å². The van der Waals surface area contributed by atoms with E-state index < -0.39 is 0 Å². The summed E-state index contributed by atoms with van der Waals surface area (Å²) in [6.45, 7) is 5.63. The summed E-state index contributed by atoms with van der Waals surface area (Å²) >= 11 is 0. The summed E-state index contributed by atoms with van der Waals surface area (Å²) in [5, 5.41) is 9.03. The Morgan fingerprint density at radius 2 is 2.00 bits per heavy atom. The molecule has 1 spiro atoms. The van der Waals surface area contributed by atoms with Gasteiger partial charge in [-0.3, -0.25) is 0 Å². The van der Waals surface area contributed by atoms with Crippen LogP contribution in [0.2, 0.25) is 0 Å². The Morgan fingerprint density at radius 1 is 1.22 bits per heavy atom. The Morgan fingerprint density at radius 3 is 2.72 bits per heavy atom. The van der Waals surface area contributed by atoms with Gasteiger partial charge >= 0.3 is 0 Å². The number of aryl methyl sites for hydroxylation is 2. The predicted molar refractivity (Wildman–Crippen MR) is 73.9 cm³/mol. The van der Waals surface area contributed by atoms with E-state index in [0.29, 0.717) is 12.0 Å². The third-order valence-electron chi connectivity index (χ3n) is 4.94. The zero-order valence-electron chi connectivity index (χ0n) is 11.3. The number of fused-ring (bicyclic) bond motifs is 2. The normalized spacial score (nSPS) is 22.3. The summed E-state index contributed by atoms with van der Waals surface area (Å²) in [5.74, 6) is 0.